The highest BCUT2D eigenvalue weighted by molar-refractivity contribution is 7.14. The SMILES string of the molecule is CC(=O)Nc1nc(C(=O)N2CCCCC[C@@H]2c2ccncc2)cs1. The molecule has 2 aromatic rings. The number of likely N-dealkylation sites (tertiary alicyclic amines) is 1. The molecule has 126 valence electrons. The number of thiazole rings is 1. The highest BCUT2D eigenvalue weighted by Gasteiger charge is 2.28. The molecule has 0 saturated carbocycles. The molecule has 0 aliphatic carbocycles. The van der Waals surface area contributed by atoms with Crippen LogP contribution < -0.4 is 5.32 Å². The summed E-state index contributed by atoms with van der Waals surface area (Å²) in [7, 11) is 0. The van der Waals surface area contributed by atoms with Gasteiger partial charge >= 0.3 is 0 Å². The molecule has 1 aliphatic rings. The van der Waals surface area contributed by atoms with Crippen LogP contribution in [0.4, 0.5) is 5.13 Å². The van der Waals surface area contributed by atoms with Crippen LogP contribution in [0.3, 0.4) is 0 Å². The lowest BCUT2D eigenvalue weighted by atomic mass is 10.0. The van der Waals surface area contributed by atoms with Crippen molar-refractivity contribution < 1.29 is 9.59 Å². The van der Waals surface area contributed by atoms with Gasteiger partial charge in [0.25, 0.3) is 5.91 Å². The Labute approximate surface area is 144 Å². The van der Waals surface area contributed by atoms with Gasteiger partial charge in [-0.05, 0) is 30.5 Å². The van der Waals surface area contributed by atoms with Crippen molar-refractivity contribution in [3.63, 3.8) is 0 Å². The van der Waals surface area contributed by atoms with Gasteiger partial charge in [-0.15, -0.1) is 11.3 Å². The second-order valence-electron chi connectivity index (χ2n) is 5.86. The maximum absolute atomic E-state index is 13.0. The Morgan fingerprint density at radius 1 is 1.25 bits per heavy atom. The molecule has 1 fully saturated rings. The maximum atomic E-state index is 13.0. The van der Waals surface area contributed by atoms with Gasteiger partial charge in [0, 0.05) is 31.2 Å². The van der Waals surface area contributed by atoms with Gasteiger partial charge < -0.3 is 10.2 Å². The summed E-state index contributed by atoms with van der Waals surface area (Å²) in [6, 6.07) is 3.99. The van der Waals surface area contributed by atoms with E-state index in [1.54, 1.807) is 17.8 Å². The number of amides is 2. The van der Waals surface area contributed by atoms with E-state index in [1.165, 1.54) is 18.3 Å². The molecule has 0 radical (unpaired) electrons. The summed E-state index contributed by atoms with van der Waals surface area (Å²) >= 11 is 1.27. The maximum Gasteiger partial charge on any atom is 0.273 e. The molecule has 2 aromatic heterocycles. The summed E-state index contributed by atoms with van der Waals surface area (Å²) in [5, 5.41) is 4.80. The summed E-state index contributed by atoms with van der Waals surface area (Å²) in [5.41, 5.74) is 1.50. The van der Waals surface area contributed by atoms with E-state index in [1.807, 2.05) is 17.0 Å². The topological polar surface area (TPSA) is 75.2 Å². The first-order chi connectivity index (χ1) is 11.6. The zero-order chi connectivity index (χ0) is 16.9. The molecule has 3 heterocycles. The number of rotatable bonds is 3. The van der Waals surface area contributed by atoms with E-state index in [2.05, 4.69) is 15.3 Å². The minimum Gasteiger partial charge on any atom is -0.330 e. The molecule has 1 N–H and O–H groups in total. The zero-order valence-electron chi connectivity index (χ0n) is 13.6. The van der Waals surface area contributed by atoms with E-state index >= 15 is 0 Å². The van der Waals surface area contributed by atoms with Crippen molar-refractivity contribution in [1.82, 2.24) is 14.9 Å². The van der Waals surface area contributed by atoms with Crippen molar-refractivity contribution in [3.8, 4) is 0 Å². The Hall–Kier alpha value is -2.28. The summed E-state index contributed by atoms with van der Waals surface area (Å²) in [4.78, 5) is 34.4. The Balaban J connectivity index is 1.84. The number of aromatic nitrogens is 2. The van der Waals surface area contributed by atoms with E-state index in [0.29, 0.717) is 10.8 Å². The quantitative estimate of drug-likeness (QED) is 0.927. The smallest absolute Gasteiger partial charge is 0.273 e. The van der Waals surface area contributed by atoms with Crippen LogP contribution in [-0.2, 0) is 4.79 Å². The van der Waals surface area contributed by atoms with Gasteiger partial charge in [-0.2, -0.15) is 0 Å². The zero-order valence-corrected chi connectivity index (χ0v) is 14.4. The third-order valence-corrected chi connectivity index (χ3v) is 4.87. The molecule has 0 unspecified atom stereocenters. The van der Waals surface area contributed by atoms with Crippen LogP contribution in [0.5, 0.6) is 0 Å². The van der Waals surface area contributed by atoms with Crippen LogP contribution in [0.1, 0.15) is 54.7 Å². The van der Waals surface area contributed by atoms with E-state index in [-0.39, 0.29) is 17.9 Å². The Kier molecular flexibility index (Phi) is 5.20. The Bertz CT molecular complexity index is 716. The number of nitrogens with one attached hydrogen (secondary N) is 1. The summed E-state index contributed by atoms with van der Waals surface area (Å²) in [6.07, 6.45) is 7.69. The van der Waals surface area contributed by atoms with E-state index in [9.17, 15) is 9.59 Å². The van der Waals surface area contributed by atoms with Crippen molar-refractivity contribution in [3.05, 3.63) is 41.2 Å². The lowest BCUT2D eigenvalue weighted by molar-refractivity contribution is -0.114. The average molecular weight is 344 g/mol. The Morgan fingerprint density at radius 2 is 2.04 bits per heavy atom. The Morgan fingerprint density at radius 3 is 2.79 bits per heavy atom. The molecule has 6 nitrogen and oxygen atoms in total. The van der Waals surface area contributed by atoms with Gasteiger partial charge in [-0.1, -0.05) is 12.8 Å². The van der Waals surface area contributed by atoms with Crippen molar-refractivity contribution in [1.29, 1.82) is 0 Å². The fourth-order valence-corrected chi connectivity index (χ4v) is 3.74. The number of hydrogen-bond acceptors (Lipinski definition) is 5. The van der Waals surface area contributed by atoms with Crippen molar-refractivity contribution in [2.75, 3.05) is 11.9 Å². The van der Waals surface area contributed by atoms with Crippen LogP contribution in [0.2, 0.25) is 0 Å². The van der Waals surface area contributed by atoms with Gasteiger partial charge in [0.15, 0.2) is 5.13 Å². The minimum absolute atomic E-state index is 0.0499. The third kappa shape index (κ3) is 3.79. The molecular weight excluding hydrogens is 324 g/mol. The number of carbonyl (C=O) groups is 2. The fraction of sp³-hybridized carbons (Fsp3) is 0.412. The predicted octanol–water partition coefficient (Wildman–Crippen LogP) is 3.25. The highest BCUT2D eigenvalue weighted by atomic mass is 32.1. The largest absolute Gasteiger partial charge is 0.330 e. The molecule has 1 saturated heterocycles. The molecule has 1 aliphatic heterocycles. The molecule has 0 aromatic carbocycles. The van der Waals surface area contributed by atoms with Crippen LogP contribution in [-0.4, -0.2) is 33.2 Å². The molecular formula is C17H20N4O2S. The summed E-state index contributed by atoms with van der Waals surface area (Å²) < 4.78 is 0. The summed E-state index contributed by atoms with van der Waals surface area (Å²) in [5.74, 6) is -0.264. The van der Waals surface area contributed by atoms with E-state index in [4.69, 9.17) is 0 Å². The second-order valence-corrected chi connectivity index (χ2v) is 6.72. The van der Waals surface area contributed by atoms with E-state index in [0.717, 1.165) is 37.8 Å². The number of nitrogens with zero attached hydrogens (tertiary/aromatic N) is 3. The van der Waals surface area contributed by atoms with Crippen LogP contribution in [0.25, 0.3) is 0 Å². The van der Waals surface area contributed by atoms with Crippen LogP contribution in [0.15, 0.2) is 29.9 Å². The molecule has 0 bridgehead atoms. The molecule has 3 rings (SSSR count). The molecule has 2 amide bonds. The van der Waals surface area contributed by atoms with Gasteiger partial charge in [0.2, 0.25) is 5.91 Å². The minimum atomic E-state index is -0.187. The lowest BCUT2D eigenvalue weighted by Gasteiger charge is -2.29. The first-order valence-corrected chi connectivity index (χ1v) is 8.97. The number of carbonyl (C=O) groups excluding carboxylic acids is 2. The summed E-state index contributed by atoms with van der Waals surface area (Å²) in [6.45, 7) is 2.15. The van der Waals surface area contributed by atoms with Gasteiger partial charge in [0.05, 0.1) is 6.04 Å². The van der Waals surface area contributed by atoms with Gasteiger partial charge in [-0.3, -0.25) is 14.6 Å². The van der Waals surface area contributed by atoms with E-state index < -0.39 is 0 Å². The predicted molar refractivity (Wildman–Crippen MR) is 92.9 cm³/mol. The average Bonchev–Trinajstić information content (AvgIpc) is 2.90. The first-order valence-electron chi connectivity index (χ1n) is 8.09. The molecule has 0 spiro atoms. The number of pyridine rings is 1. The van der Waals surface area contributed by atoms with Crippen LogP contribution >= 0.6 is 11.3 Å². The van der Waals surface area contributed by atoms with Gasteiger partial charge in [-0.25, -0.2) is 4.98 Å². The standard InChI is InChI=1S/C17H20N4O2S/c1-12(22)19-17-20-14(11-24-17)16(23)21-10-4-2-3-5-15(21)13-6-8-18-9-7-13/h6-9,11,15H,2-5,10H2,1H3,(H,19,20,22)/t15-/m1/s1. The second kappa shape index (κ2) is 7.53. The van der Waals surface area contributed by atoms with Crippen molar-refractivity contribution in [2.45, 2.75) is 38.6 Å². The normalized spacial score (nSPS) is 18.0. The first kappa shape index (κ1) is 16.6. The highest BCUT2D eigenvalue weighted by Crippen LogP contribution is 2.31. The van der Waals surface area contributed by atoms with Crippen molar-refractivity contribution in [2.24, 2.45) is 0 Å². The molecule has 7 heteroatoms. The van der Waals surface area contributed by atoms with Gasteiger partial charge in [0.1, 0.15) is 5.69 Å². The van der Waals surface area contributed by atoms with Crippen LogP contribution in [0, 0.1) is 0 Å². The lowest BCUT2D eigenvalue weighted by Crippen LogP contribution is -2.35. The monoisotopic (exact) mass is 344 g/mol. The molecule has 24 heavy (non-hydrogen) atoms. The fourth-order valence-electron chi connectivity index (χ4n) is 3.01. The number of hydrogen-bond donors (Lipinski definition) is 1. The third-order valence-electron chi connectivity index (χ3n) is 4.11. The van der Waals surface area contributed by atoms with Crippen molar-refractivity contribution >= 4 is 28.3 Å². The number of anilines is 1. The molecule has 1 atom stereocenters.